The summed E-state index contributed by atoms with van der Waals surface area (Å²) in [6.45, 7) is 4.04. The van der Waals surface area contributed by atoms with Gasteiger partial charge in [0.1, 0.15) is 11.5 Å². The molecule has 1 fully saturated rings. The van der Waals surface area contributed by atoms with E-state index in [0.29, 0.717) is 12.2 Å². The van der Waals surface area contributed by atoms with E-state index >= 15 is 0 Å². The van der Waals surface area contributed by atoms with E-state index in [2.05, 4.69) is 54.3 Å². The average molecular weight is 374 g/mol. The predicted octanol–water partition coefficient (Wildman–Crippen LogP) is 2.13. The highest BCUT2D eigenvalue weighted by Gasteiger charge is 2.19. The number of carbonyl (C=O) groups excluding carboxylic acids is 1. The second kappa shape index (κ2) is 8.47. The first-order chi connectivity index (χ1) is 13.8. The Hall–Kier alpha value is -3.48. The minimum Gasteiger partial charge on any atom is -0.368 e. The number of benzene rings is 1. The van der Waals surface area contributed by atoms with Gasteiger partial charge in [0.25, 0.3) is 5.91 Å². The van der Waals surface area contributed by atoms with E-state index in [0.717, 1.165) is 37.6 Å². The van der Waals surface area contributed by atoms with Crippen LogP contribution in [0.3, 0.4) is 0 Å². The zero-order valence-electron chi connectivity index (χ0n) is 15.5. The van der Waals surface area contributed by atoms with Crippen LogP contribution in [0.25, 0.3) is 0 Å². The first-order valence-corrected chi connectivity index (χ1v) is 9.34. The zero-order chi connectivity index (χ0) is 19.2. The van der Waals surface area contributed by atoms with Gasteiger partial charge >= 0.3 is 0 Å². The summed E-state index contributed by atoms with van der Waals surface area (Å²) in [5.41, 5.74) is 2.55. The summed E-state index contributed by atoms with van der Waals surface area (Å²) < 4.78 is 0. The van der Waals surface area contributed by atoms with Crippen LogP contribution in [0.2, 0.25) is 0 Å². The van der Waals surface area contributed by atoms with Gasteiger partial charge in [-0.3, -0.25) is 9.78 Å². The Morgan fingerprint density at radius 1 is 0.893 bits per heavy atom. The fourth-order valence-corrected chi connectivity index (χ4v) is 3.21. The lowest BCUT2D eigenvalue weighted by molar-refractivity contribution is 0.0945. The number of pyridine rings is 1. The van der Waals surface area contributed by atoms with Crippen molar-refractivity contribution >= 4 is 17.4 Å². The van der Waals surface area contributed by atoms with Crippen molar-refractivity contribution in [3.8, 4) is 0 Å². The normalized spacial score (nSPS) is 14.0. The molecule has 2 aromatic heterocycles. The van der Waals surface area contributed by atoms with Crippen LogP contribution >= 0.6 is 0 Å². The Labute approximate surface area is 164 Å². The van der Waals surface area contributed by atoms with Crippen molar-refractivity contribution in [1.82, 2.24) is 20.3 Å². The molecule has 4 rings (SSSR count). The molecule has 142 valence electrons. The molecule has 1 aliphatic heterocycles. The standard InChI is InChI=1S/C21H22N6O/c28-21(25-14-17-6-8-22-9-7-17)19-15-24-20(16-23-19)27-12-10-26(11-13-27)18-4-2-1-3-5-18/h1-9,15-16H,10-14H2,(H,25,28). The Balaban J connectivity index is 1.31. The number of aromatic nitrogens is 3. The van der Waals surface area contributed by atoms with Crippen molar-refractivity contribution in [2.75, 3.05) is 36.0 Å². The number of para-hydroxylation sites is 1. The van der Waals surface area contributed by atoms with E-state index < -0.39 is 0 Å². The molecule has 0 unspecified atom stereocenters. The molecule has 3 heterocycles. The number of hydrogen-bond acceptors (Lipinski definition) is 6. The van der Waals surface area contributed by atoms with Crippen molar-refractivity contribution in [2.45, 2.75) is 6.54 Å². The smallest absolute Gasteiger partial charge is 0.271 e. The molecule has 0 saturated carbocycles. The first kappa shape index (κ1) is 17.9. The van der Waals surface area contributed by atoms with Gasteiger partial charge in [0.05, 0.1) is 12.4 Å². The maximum Gasteiger partial charge on any atom is 0.271 e. The maximum absolute atomic E-state index is 12.3. The van der Waals surface area contributed by atoms with Crippen LogP contribution in [-0.2, 0) is 6.54 Å². The number of anilines is 2. The Morgan fingerprint density at radius 2 is 1.61 bits per heavy atom. The molecule has 1 N–H and O–H groups in total. The summed E-state index contributed by atoms with van der Waals surface area (Å²) in [6, 6.07) is 14.2. The van der Waals surface area contributed by atoms with Crippen molar-refractivity contribution < 1.29 is 4.79 Å². The van der Waals surface area contributed by atoms with Gasteiger partial charge in [-0.15, -0.1) is 0 Å². The number of nitrogens with one attached hydrogen (secondary N) is 1. The summed E-state index contributed by atoms with van der Waals surface area (Å²) >= 11 is 0. The molecule has 0 spiro atoms. The van der Waals surface area contributed by atoms with Gasteiger partial charge in [0.15, 0.2) is 0 Å². The van der Waals surface area contributed by atoms with Crippen molar-refractivity contribution in [1.29, 1.82) is 0 Å². The lowest BCUT2D eigenvalue weighted by Crippen LogP contribution is -2.46. The van der Waals surface area contributed by atoms with E-state index in [1.807, 2.05) is 18.2 Å². The second-order valence-corrected chi connectivity index (χ2v) is 6.61. The molecule has 1 saturated heterocycles. The largest absolute Gasteiger partial charge is 0.368 e. The van der Waals surface area contributed by atoms with E-state index in [1.54, 1.807) is 24.8 Å². The minimum absolute atomic E-state index is 0.232. The SMILES string of the molecule is O=C(NCc1ccncc1)c1cnc(N2CCN(c3ccccc3)CC2)cn1. The monoisotopic (exact) mass is 374 g/mol. The predicted molar refractivity (Wildman–Crippen MR) is 108 cm³/mol. The molecular formula is C21H22N6O. The highest BCUT2D eigenvalue weighted by molar-refractivity contribution is 5.91. The number of rotatable bonds is 5. The lowest BCUT2D eigenvalue weighted by Gasteiger charge is -2.36. The van der Waals surface area contributed by atoms with Crippen molar-refractivity contribution in [3.63, 3.8) is 0 Å². The minimum atomic E-state index is -0.232. The third kappa shape index (κ3) is 4.25. The van der Waals surface area contributed by atoms with Gasteiger partial charge in [-0.2, -0.15) is 0 Å². The van der Waals surface area contributed by atoms with Gasteiger partial charge in [-0.25, -0.2) is 9.97 Å². The fraction of sp³-hybridized carbons (Fsp3) is 0.238. The summed E-state index contributed by atoms with van der Waals surface area (Å²) in [6.07, 6.45) is 6.63. The number of carbonyl (C=O) groups is 1. The van der Waals surface area contributed by atoms with Gasteiger partial charge in [0.2, 0.25) is 0 Å². The Morgan fingerprint density at radius 3 is 2.29 bits per heavy atom. The molecule has 28 heavy (non-hydrogen) atoms. The molecule has 0 bridgehead atoms. The number of amides is 1. The van der Waals surface area contributed by atoms with Crippen molar-refractivity contribution in [2.24, 2.45) is 0 Å². The van der Waals surface area contributed by atoms with E-state index in [1.165, 1.54) is 5.69 Å². The van der Waals surface area contributed by atoms with Crippen molar-refractivity contribution in [3.05, 3.63) is 78.5 Å². The summed E-state index contributed by atoms with van der Waals surface area (Å²) in [5, 5.41) is 2.85. The third-order valence-corrected chi connectivity index (χ3v) is 4.80. The summed E-state index contributed by atoms with van der Waals surface area (Å²) in [7, 11) is 0. The first-order valence-electron chi connectivity index (χ1n) is 9.34. The number of hydrogen-bond donors (Lipinski definition) is 1. The molecule has 1 amide bonds. The Bertz CT molecular complexity index is 893. The lowest BCUT2D eigenvalue weighted by atomic mass is 10.2. The van der Waals surface area contributed by atoms with Crippen LogP contribution in [-0.4, -0.2) is 47.0 Å². The maximum atomic E-state index is 12.3. The van der Waals surface area contributed by atoms with E-state index in [-0.39, 0.29) is 5.91 Å². The molecular weight excluding hydrogens is 352 g/mol. The summed E-state index contributed by atoms with van der Waals surface area (Å²) in [4.78, 5) is 29.5. The molecule has 7 nitrogen and oxygen atoms in total. The van der Waals surface area contributed by atoms with Crippen LogP contribution in [0.4, 0.5) is 11.5 Å². The molecule has 0 atom stereocenters. The fourth-order valence-electron chi connectivity index (χ4n) is 3.21. The van der Waals surface area contributed by atoms with Crippen LogP contribution < -0.4 is 15.1 Å². The molecule has 0 radical (unpaired) electrons. The van der Waals surface area contributed by atoms with E-state index in [4.69, 9.17) is 0 Å². The van der Waals surface area contributed by atoms with Crippen LogP contribution in [0.1, 0.15) is 16.1 Å². The van der Waals surface area contributed by atoms with Gasteiger partial charge < -0.3 is 15.1 Å². The summed E-state index contributed by atoms with van der Waals surface area (Å²) in [5.74, 6) is 0.572. The second-order valence-electron chi connectivity index (χ2n) is 6.61. The Kier molecular flexibility index (Phi) is 5.42. The molecule has 3 aromatic rings. The highest BCUT2D eigenvalue weighted by atomic mass is 16.1. The van der Waals surface area contributed by atoms with Gasteiger partial charge in [-0.1, -0.05) is 18.2 Å². The third-order valence-electron chi connectivity index (χ3n) is 4.80. The number of piperazine rings is 1. The van der Waals surface area contributed by atoms with Crippen LogP contribution in [0.15, 0.2) is 67.3 Å². The number of nitrogens with zero attached hydrogens (tertiary/aromatic N) is 5. The highest BCUT2D eigenvalue weighted by Crippen LogP contribution is 2.18. The quantitative estimate of drug-likeness (QED) is 0.737. The van der Waals surface area contributed by atoms with Crippen LogP contribution in [0.5, 0.6) is 0 Å². The average Bonchev–Trinajstić information content (AvgIpc) is 2.79. The topological polar surface area (TPSA) is 74.2 Å². The molecule has 7 heteroatoms. The molecule has 1 aliphatic rings. The molecule has 1 aromatic carbocycles. The van der Waals surface area contributed by atoms with Gasteiger partial charge in [0, 0.05) is 50.8 Å². The van der Waals surface area contributed by atoms with Crippen LogP contribution in [0, 0.1) is 0 Å². The van der Waals surface area contributed by atoms with E-state index in [9.17, 15) is 4.79 Å². The van der Waals surface area contributed by atoms with Gasteiger partial charge in [-0.05, 0) is 29.8 Å². The zero-order valence-corrected chi connectivity index (χ0v) is 15.5. The molecule has 0 aliphatic carbocycles.